The minimum absolute atomic E-state index is 0.0831. The number of hydrogen-bond acceptors (Lipinski definition) is 7. The molecule has 1 unspecified atom stereocenters. The second-order valence-corrected chi connectivity index (χ2v) is 5.18. The lowest BCUT2D eigenvalue weighted by Crippen LogP contribution is -2.12. The number of hydrogen-bond donors (Lipinski definition) is 1. The van der Waals surface area contributed by atoms with Crippen LogP contribution in [0.1, 0.15) is 23.8 Å². The summed E-state index contributed by atoms with van der Waals surface area (Å²) in [6.45, 7) is 2.20. The van der Waals surface area contributed by atoms with E-state index in [4.69, 9.17) is 0 Å². The first kappa shape index (κ1) is 15.2. The summed E-state index contributed by atoms with van der Waals surface area (Å²) in [5.74, 6) is 0.782. The lowest BCUT2D eigenvalue weighted by Gasteiger charge is -2.09. The maximum absolute atomic E-state index is 11.1. The summed E-state index contributed by atoms with van der Waals surface area (Å²) in [7, 11) is 0. The van der Waals surface area contributed by atoms with E-state index in [0.717, 1.165) is 5.69 Å². The maximum Gasteiger partial charge on any atom is 0.342 e. The minimum Gasteiger partial charge on any atom is -0.358 e. The molecule has 0 aliphatic carbocycles. The van der Waals surface area contributed by atoms with Crippen LogP contribution >= 0.6 is 12.6 Å². The average molecular weight is 331 g/mol. The summed E-state index contributed by atoms with van der Waals surface area (Å²) in [4.78, 5) is 14.7. The lowest BCUT2D eigenvalue weighted by atomic mass is 10.3. The molecule has 2 heterocycles. The molecule has 0 N–H and O–H groups in total. The molecule has 9 nitrogen and oxygen atoms in total. The smallest absolute Gasteiger partial charge is 0.342 e. The van der Waals surface area contributed by atoms with Crippen LogP contribution in [0.25, 0.3) is 5.69 Å². The van der Waals surface area contributed by atoms with Crippen LogP contribution < -0.4 is 0 Å². The number of nitro groups is 1. The Balaban J connectivity index is 2.04. The quantitative estimate of drug-likeness (QED) is 0.434. The molecule has 2 aromatic heterocycles. The van der Waals surface area contributed by atoms with Gasteiger partial charge < -0.3 is 10.1 Å². The number of benzene rings is 1. The van der Waals surface area contributed by atoms with Crippen molar-refractivity contribution in [2.24, 2.45) is 0 Å². The average Bonchev–Trinajstić information content (AvgIpc) is 3.21. The maximum atomic E-state index is 11.1. The number of tetrazole rings is 1. The van der Waals surface area contributed by atoms with Crippen molar-refractivity contribution in [3.63, 3.8) is 0 Å². The van der Waals surface area contributed by atoms with Crippen molar-refractivity contribution in [3.05, 3.63) is 58.3 Å². The van der Waals surface area contributed by atoms with E-state index < -0.39 is 10.2 Å². The molecule has 0 saturated carbocycles. The van der Waals surface area contributed by atoms with Crippen LogP contribution in [0, 0.1) is 10.1 Å². The minimum atomic E-state index is -0.598. The van der Waals surface area contributed by atoms with E-state index in [1.54, 1.807) is 6.92 Å². The fourth-order valence-electron chi connectivity index (χ4n) is 2.30. The summed E-state index contributed by atoms with van der Waals surface area (Å²) in [5, 5.41) is 22.1. The number of rotatable bonds is 5. The molecule has 3 rings (SSSR count). The molecule has 0 aliphatic rings. The second kappa shape index (κ2) is 6.16. The highest BCUT2D eigenvalue weighted by Crippen LogP contribution is 2.29. The molecule has 0 bridgehead atoms. The molecule has 10 heteroatoms. The van der Waals surface area contributed by atoms with Crippen molar-refractivity contribution in [3.8, 4) is 5.69 Å². The highest BCUT2D eigenvalue weighted by atomic mass is 32.1. The molecule has 0 amide bonds. The number of imidazole rings is 1. The van der Waals surface area contributed by atoms with Gasteiger partial charge in [-0.2, -0.15) is 17.3 Å². The number of thiol groups is 1. The zero-order chi connectivity index (χ0) is 16.4. The standard InChI is InChI=1S/C13H13N7O2S/c1-2-18-10(20(21)22)8-14-12(18)11(23)13-15-16-17-19(13)9-6-4-3-5-7-9/h3-8,11,23H,2H2,1H3. The van der Waals surface area contributed by atoms with Crippen molar-refractivity contribution in [2.75, 3.05) is 0 Å². The normalized spacial score (nSPS) is 12.3. The van der Waals surface area contributed by atoms with Gasteiger partial charge in [0, 0.05) is 0 Å². The Hall–Kier alpha value is -2.75. The molecule has 118 valence electrons. The third kappa shape index (κ3) is 2.68. The predicted octanol–water partition coefficient (Wildman–Crippen LogP) is 1.81. The Labute approximate surface area is 136 Å². The number of nitrogens with zero attached hydrogens (tertiary/aromatic N) is 7. The predicted molar refractivity (Wildman–Crippen MR) is 84.5 cm³/mol. The van der Waals surface area contributed by atoms with Crippen LogP contribution in [0.3, 0.4) is 0 Å². The SMILES string of the molecule is CCn1c([N+](=O)[O-])cnc1C(S)c1nnnn1-c1ccccc1. The van der Waals surface area contributed by atoms with Gasteiger partial charge in [0.25, 0.3) is 0 Å². The van der Waals surface area contributed by atoms with E-state index >= 15 is 0 Å². The molecular weight excluding hydrogens is 318 g/mol. The van der Waals surface area contributed by atoms with Crippen molar-refractivity contribution in [1.82, 2.24) is 29.8 Å². The molecular formula is C13H13N7O2S. The van der Waals surface area contributed by atoms with Crippen LogP contribution in [0.2, 0.25) is 0 Å². The van der Waals surface area contributed by atoms with Crippen LogP contribution in [-0.2, 0) is 6.54 Å². The molecule has 1 atom stereocenters. The van der Waals surface area contributed by atoms with Gasteiger partial charge in [0.1, 0.15) is 11.4 Å². The molecule has 0 spiro atoms. The Morgan fingerprint density at radius 2 is 2.04 bits per heavy atom. The molecule has 0 fully saturated rings. The molecule has 0 aliphatic heterocycles. The highest BCUT2D eigenvalue weighted by molar-refractivity contribution is 7.80. The fraction of sp³-hybridized carbons (Fsp3) is 0.231. The van der Waals surface area contributed by atoms with Gasteiger partial charge in [-0.05, 0) is 34.4 Å². The third-order valence-corrected chi connectivity index (χ3v) is 3.81. The first-order valence-electron chi connectivity index (χ1n) is 6.85. The van der Waals surface area contributed by atoms with Crippen molar-refractivity contribution in [1.29, 1.82) is 0 Å². The van der Waals surface area contributed by atoms with Gasteiger partial charge in [0.05, 0.1) is 12.2 Å². The first-order valence-corrected chi connectivity index (χ1v) is 7.36. The van der Waals surface area contributed by atoms with E-state index in [0.29, 0.717) is 18.2 Å². The Bertz CT molecular complexity index is 830. The fourth-order valence-corrected chi connectivity index (χ4v) is 2.67. The molecule has 23 heavy (non-hydrogen) atoms. The Kier molecular flexibility index (Phi) is 4.06. The summed E-state index contributed by atoms with van der Waals surface area (Å²) < 4.78 is 3.03. The van der Waals surface area contributed by atoms with Gasteiger partial charge in [0.2, 0.25) is 5.82 Å². The van der Waals surface area contributed by atoms with E-state index in [-0.39, 0.29) is 5.82 Å². The summed E-state index contributed by atoms with van der Waals surface area (Å²) in [6, 6.07) is 9.33. The molecule has 3 aromatic rings. The topological polar surface area (TPSA) is 105 Å². The van der Waals surface area contributed by atoms with E-state index in [1.807, 2.05) is 30.3 Å². The van der Waals surface area contributed by atoms with Crippen molar-refractivity contribution < 1.29 is 4.92 Å². The first-order chi connectivity index (χ1) is 11.1. The van der Waals surface area contributed by atoms with Gasteiger partial charge in [0.15, 0.2) is 5.82 Å². The summed E-state index contributed by atoms with van der Waals surface area (Å²) >= 11 is 4.53. The van der Waals surface area contributed by atoms with Gasteiger partial charge in [-0.1, -0.05) is 18.2 Å². The zero-order valence-corrected chi connectivity index (χ0v) is 13.0. The monoisotopic (exact) mass is 331 g/mol. The van der Waals surface area contributed by atoms with Crippen molar-refractivity contribution >= 4 is 18.4 Å². The van der Waals surface area contributed by atoms with Gasteiger partial charge >= 0.3 is 5.82 Å². The van der Waals surface area contributed by atoms with Gasteiger partial charge in [-0.3, -0.25) is 0 Å². The zero-order valence-electron chi connectivity index (χ0n) is 12.1. The third-order valence-electron chi connectivity index (χ3n) is 3.35. The van der Waals surface area contributed by atoms with Gasteiger partial charge in [-0.25, -0.2) is 9.55 Å². The Morgan fingerprint density at radius 3 is 2.70 bits per heavy atom. The van der Waals surface area contributed by atoms with Crippen LogP contribution in [0.15, 0.2) is 36.5 Å². The molecule has 0 saturated heterocycles. The summed E-state index contributed by atoms with van der Waals surface area (Å²) in [5.41, 5.74) is 0.774. The lowest BCUT2D eigenvalue weighted by molar-refractivity contribution is -0.392. The van der Waals surface area contributed by atoms with E-state index in [9.17, 15) is 10.1 Å². The number of aromatic nitrogens is 6. The highest BCUT2D eigenvalue weighted by Gasteiger charge is 2.29. The Morgan fingerprint density at radius 1 is 1.30 bits per heavy atom. The second-order valence-electron chi connectivity index (χ2n) is 4.66. The molecule has 0 radical (unpaired) electrons. The van der Waals surface area contributed by atoms with E-state index in [1.165, 1.54) is 15.4 Å². The van der Waals surface area contributed by atoms with Crippen LogP contribution in [0.5, 0.6) is 0 Å². The van der Waals surface area contributed by atoms with Crippen LogP contribution in [0.4, 0.5) is 5.82 Å². The molecule has 1 aromatic carbocycles. The van der Waals surface area contributed by atoms with Gasteiger partial charge in [-0.15, -0.1) is 5.10 Å². The van der Waals surface area contributed by atoms with Crippen LogP contribution in [-0.4, -0.2) is 34.7 Å². The largest absolute Gasteiger partial charge is 0.358 e. The van der Waals surface area contributed by atoms with Crippen molar-refractivity contribution in [2.45, 2.75) is 18.7 Å². The van der Waals surface area contributed by atoms with E-state index in [2.05, 4.69) is 33.1 Å². The summed E-state index contributed by atoms with van der Waals surface area (Å²) in [6.07, 6.45) is 1.22. The number of para-hydroxylation sites is 1.